The molecule has 0 radical (unpaired) electrons. The monoisotopic (exact) mass is 192 g/mol. The highest BCUT2D eigenvalue weighted by Gasteiger charge is 2.10. The zero-order chi connectivity index (χ0) is 10.6. The summed E-state index contributed by atoms with van der Waals surface area (Å²) in [5.74, 6) is 0.634. The van der Waals surface area contributed by atoms with Crippen LogP contribution in [-0.4, -0.2) is 17.9 Å². The van der Waals surface area contributed by atoms with Crippen molar-refractivity contribution in [2.75, 3.05) is 7.05 Å². The molecule has 1 aromatic rings. The van der Waals surface area contributed by atoms with Crippen molar-refractivity contribution >= 4 is 5.91 Å². The number of aryl methyl sites for hydroxylation is 1. The number of nitrogens with zero attached hydrogens (tertiary/aromatic N) is 2. The lowest BCUT2D eigenvalue weighted by Crippen LogP contribution is -2.25. The largest absolute Gasteiger partial charge is 0.469 e. The van der Waals surface area contributed by atoms with Crippen molar-refractivity contribution in [2.24, 2.45) is 0 Å². The maximum Gasteiger partial charge on any atom is 0.236 e. The molecule has 0 spiro atoms. The molecule has 0 aromatic carbocycles. The number of amides is 1. The Labute approximate surface area is 82.7 Å². The highest BCUT2D eigenvalue weighted by Crippen LogP contribution is 2.11. The molecule has 4 nitrogen and oxygen atoms in total. The standard InChI is InChI=1S/C10H12N2O2/c1-8-9(4-6-14-8)7-12(2)10(13)3-5-11/h4,6H,3,7H2,1-2H3. The molecule has 0 bridgehead atoms. The van der Waals surface area contributed by atoms with Crippen LogP contribution in [0.3, 0.4) is 0 Å². The zero-order valence-corrected chi connectivity index (χ0v) is 8.28. The van der Waals surface area contributed by atoms with E-state index in [0.717, 1.165) is 11.3 Å². The number of furan rings is 1. The first kappa shape index (κ1) is 10.3. The Kier molecular flexibility index (Phi) is 3.29. The van der Waals surface area contributed by atoms with Gasteiger partial charge in [0, 0.05) is 19.2 Å². The van der Waals surface area contributed by atoms with Crippen LogP contribution in [0.25, 0.3) is 0 Å². The molecule has 0 N–H and O–H groups in total. The van der Waals surface area contributed by atoms with Gasteiger partial charge in [-0.2, -0.15) is 5.26 Å². The Balaban J connectivity index is 2.58. The lowest BCUT2D eigenvalue weighted by atomic mass is 10.2. The van der Waals surface area contributed by atoms with Gasteiger partial charge in [0.25, 0.3) is 0 Å². The molecular weight excluding hydrogens is 180 g/mol. The third-order valence-corrected chi connectivity index (χ3v) is 2.03. The Morgan fingerprint density at radius 2 is 2.43 bits per heavy atom. The first-order chi connectivity index (χ1) is 6.65. The van der Waals surface area contributed by atoms with Gasteiger partial charge in [0.05, 0.1) is 12.3 Å². The van der Waals surface area contributed by atoms with Gasteiger partial charge >= 0.3 is 0 Å². The normalized spacial score (nSPS) is 9.50. The van der Waals surface area contributed by atoms with Gasteiger partial charge in [-0.15, -0.1) is 0 Å². The van der Waals surface area contributed by atoms with Gasteiger partial charge in [0.1, 0.15) is 12.2 Å². The minimum atomic E-state index is -0.173. The van der Waals surface area contributed by atoms with Gasteiger partial charge in [-0.05, 0) is 13.0 Å². The van der Waals surface area contributed by atoms with Crippen molar-refractivity contribution < 1.29 is 9.21 Å². The van der Waals surface area contributed by atoms with E-state index in [1.165, 1.54) is 4.90 Å². The number of hydrogen-bond acceptors (Lipinski definition) is 3. The summed E-state index contributed by atoms with van der Waals surface area (Å²) in [7, 11) is 1.67. The second-order valence-electron chi connectivity index (χ2n) is 3.09. The van der Waals surface area contributed by atoms with Gasteiger partial charge in [-0.1, -0.05) is 0 Å². The summed E-state index contributed by atoms with van der Waals surface area (Å²) in [5, 5.41) is 8.35. The van der Waals surface area contributed by atoms with E-state index in [9.17, 15) is 4.79 Å². The van der Waals surface area contributed by atoms with E-state index in [0.29, 0.717) is 6.54 Å². The van der Waals surface area contributed by atoms with E-state index in [4.69, 9.17) is 9.68 Å². The molecule has 0 saturated carbocycles. The molecule has 74 valence electrons. The van der Waals surface area contributed by atoms with Crippen LogP contribution in [-0.2, 0) is 11.3 Å². The van der Waals surface area contributed by atoms with Crippen LogP contribution >= 0.6 is 0 Å². The molecule has 0 aliphatic carbocycles. The Bertz CT molecular complexity index is 362. The highest BCUT2D eigenvalue weighted by atomic mass is 16.3. The van der Waals surface area contributed by atoms with Gasteiger partial charge in [-0.25, -0.2) is 0 Å². The van der Waals surface area contributed by atoms with Crippen molar-refractivity contribution in [2.45, 2.75) is 19.9 Å². The fourth-order valence-electron chi connectivity index (χ4n) is 1.12. The molecule has 0 atom stereocenters. The van der Waals surface area contributed by atoms with Gasteiger partial charge in [0.2, 0.25) is 5.91 Å². The number of carbonyl (C=O) groups excluding carboxylic acids is 1. The van der Waals surface area contributed by atoms with Gasteiger partial charge in [0.15, 0.2) is 0 Å². The summed E-state index contributed by atoms with van der Waals surface area (Å²) in [4.78, 5) is 12.8. The minimum absolute atomic E-state index is 0.0760. The summed E-state index contributed by atoms with van der Waals surface area (Å²) in [6, 6.07) is 3.65. The molecule has 14 heavy (non-hydrogen) atoms. The van der Waals surface area contributed by atoms with Crippen LogP contribution in [0.5, 0.6) is 0 Å². The van der Waals surface area contributed by atoms with Crippen molar-refractivity contribution in [3.05, 3.63) is 23.7 Å². The fourth-order valence-corrected chi connectivity index (χ4v) is 1.12. The molecular formula is C10H12N2O2. The van der Waals surface area contributed by atoms with Gasteiger partial charge < -0.3 is 9.32 Å². The summed E-state index contributed by atoms with van der Waals surface area (Å²) in [6.45, 7) is 2.33. The smallest absolute Gasteiger partial charge is 0.236 e. The average molecular weight is 192 g/mol. The molecule has 0 unspecified atom stereocenters. The maximum absolute atomic E-state index is 11.3. The Morgan fingerprint density at radius 1 is 1.71 bits per heavy atom. The lowest BCUT2D eigenvalue weighted by Gasteiger charge is -2.14. The van der Waals surface area contributed by atoms with E-state index in [1.807, 2.05) is 19.1 Å². The lowest BCUT2D eigenvalue weighted by molar-refractivity contribution is -0.129. The van der Waals surface area contributed by atoms with E-state index in [1.54, 1.807) is 13.3 Å². The number of hydrogen-bond donors (Lipinski definition) is 0. The van der Waals surface area contributed by atoms with Crippen LogP contribution in [0, 0.1) is 18.3 Å². The zero-order valence-electron chi connectivity index (χ0n) is 8.28. The van der Waals surface area contributed by atoms with Crippen molar-refractivity contribution in [3.63, 3.8) is 0 Å². The second kappa shape index (κ2) is 4.47. The molecule has 1 amide bonds. The first-order valence-corrected chi connectivity index (χ1v) is 4.29. The maximum atomic E-state index is 11.3. The van der Waals surface area contributed by atoms with Crippen LogP contribution in [0.4, 0.5) is 0 Å². The molecule has 0 fully saturated rings. The Morgan fingerprint density at radius 3 is 2.93 bits per heavy atom. The molecule has 0 aliphatic rings. The van der Waals surface area contributed by atoms with Crippen molar-refractivity contribution in [1.29, 1.82) is 5.26 Å². The van der Waals surface area contributed by atoms with E-state index in [-0.39, 0.29) is 12.3 Å². The molecule has 4 heteroatoms. The summed E-state index contributed by atoms with van der Waals surface area (Å²) in [5.41, 5.74) is 0.971. The van der Waals surface area contributed by atoms with E-state index in [2.05, 4.69) is 0 Å². The molecule has 0 aliphatic heterocycles. The molecule has 0 saturated heterocycles. The summed E-state index contributed by atoms with van der Waals surface area (Å²) >= 11 is 0. The van der Waals surface area contributed by atoms with Crippen LogP contribution in [0.2, 0.25) is 0 Å². The highest BCUT2D eigenvalue weighted by molar-refractivity contribution is 5.77. The summed E-state index contributed by atoms with van der Waals surface area (Å²) < 4.78 is 5.10. The third-order valence-electron chi connectivity index (χ3n) is 2.03. The molecule has 1 rings (SSSR count). The number of rotatable bonds is 3. The van der Waals surface area contributed by atoms with Gasteiger partial charge in [-0.3, -0.25) is 4.79 Å². The third kappa shape index (κ3) is 2.36. The minimum Gasteiger partial charge on any atom is -0.469 e. The molecule has 1 aromatic heterocycles. The van der Waals surface area contributed by atoms with Crippen LogP contribution in [0.1, 0.15) is 17.7 Å². The predicted molar refractivity (Wildman–Crippen MR) is 50.1 cm³/mol. The topological polar surface area (TPSA) is 57.2 Å². The quantitative estimate of drug-likeness (QED) is 0.728. The average Bonchev–Trinajstić information content (AvgIpc) is 2.52. The number of nitriles is 1. The van der Waals surface area contributed by atoms with Crippen LogP contribution in [0.15, 0.2) is 16.7 Å². The Hall–Kier alpha value is -1.76. The summed E-state index contributed by atoms with van der Waals surface area (Å²) in [6.07, 6.45) is 1.51. The predicted octanol–water partition coefficient (Wildman–Crippen LogP) is 1.46. The fraction of sp³-hybridized carbons (Fsp3) is 0.400. The van der Waals surface area contributed by atoms with Crippen LogP contribution < -0.4 is 0 Å². The van der Waals surface area contributed by atoms with Crippen molar-refractivity contribution in [3.8, 4) is 6.07 Å². The number of carbonyl (C=O) groups is 1. The van der Waals surface area contributed by atoms with E-state index < -0.39 is 0 Å². The SMILES string of the molecule is Cc1occc1CN(C)C(=O)CC#N. The van der Waals surface area contributed by atoms with Crippen molar-refractivity contribution in [1.82, 2.24) is 4.90 Å². The molecule has 1 heterocycles. The van der Waals surface area contributed by atoms with E-state index >= 15 is 0 Å². The second-order valence-corrected chi connectivity index (χ2v) is 3.09. The first-order valence-electron chi connectivity index (χ1n) is 4.29.